The predicted molar refractivity (Wildman–Crippen MR) is 107 cm³/mol. The van der Waals surface area contributed by atoms with Gasteiger partial charge in [0.15, 0.2) is 10.8 Å². The number of aromatic nitrogens is 4. The molecule has 27 heavy (non-hydrogen) atoms. The van der Waals surface area contributed by atoms with Crippen LogP contribution in [-0.2, 0) is 4.79 Å². The van der Waals surface area contributed by atoms with Crippen molar-refractivity contribution < 1.29 is 4.79 Å². The summed E-state index contributed by atoms with van der Waals surface area (Å²) in [5, 5.41) is 20.3. The van der Waals surface area contributed by atoms with Crippen LogP contribution in [0.15, 0.2) is 29.4 Å². The van der Waals surface area contributed by atoms with Crippen LogP contribution in [0, 0.1) is 12.3 Å². The van der Waals surface area contributed by atoms with Crippen molar-refractivity contribution in [3.8, 4) is 5.69 Å². The molecule has 0 aliphatic carbocycles. The Hall–Kier alpha value is -2.32. The summed E-state index contributed by atoms with van der Waals surface area (Å²) in [5.74, 6) is 0.113. The Morgan fingerprint density at radius 3 is 2.89 bits per heavy atom. The summed E-state index contributed by atoms with van der Waals surface area (Å²) in [4.78, 5) is 16.8. The maximum absolute atomic E-state index is 12.2. The SMILES string of the molecule is CC[C@@H](C)NC(=O)CSc1nc2n[nH]c(C)c2c(=N)n1-c1ccccc1Cl. The Kier molecular flexibility index (Phi) is 5.86. The lowest BCUT2D eigenvalue weighted by atomic mass is 10.3. The fourth-order valence-corrected chi connectivity index (χ4v) is 3.66. The first kappa shape index (κ1) is 19.4. The molecule has 0 aliphatic heterocycles. The van der Waals surface area contributed by atoms with E-state index in [1.54, 1.807) is 10.6 Å². The summed E-state index contributed by atoms with van der Waals surface area (Å²) >= 11 is 7.63. The molecule has 1 aromatic carbocycles. The second kappa shape index (κ2) is 8.14. The smallest absolute Gasteiger partial charge is 0.230 e. The maximum atomic E-state index is 12.2. The lowest BCUT2D eigenvalue weighted by molar-refractivity contribution is -0.119. The van der Waals surface area contributed by atoms with Crippen LogP contribution in [-0.4, -0.2) is 37.5 Å². The van der Waals surface area contributed by atoms with Gasteiger partial charge in [-0.2, -0.15) is 5.10 Å². The number of thioether (sulfide) groups is 1. The summed E-state index contributed by atoms with van der Waals surface area (Å²) in [5.41, 5.74) is 2.08. The number of aromatic amines is 1. The first-order chi connectivity index (χ1) is 12.9. The van der Waals surface area contributed by atoms with Gasteiger partial charge in [0.1, 0.15) is 5.49 Å². The minimum atomic E-state index is -0.0771. The van der Waals surface area contributed by atoms with Crippen LogP contribution >= 0.6 is 23.4 Å². The molecule has 3 aromatic rings. The normalized spacial score (nSPS) is 12.3. The van der Waals surface area contributed by atoms with Gasteiger partial charge in [-0.25, -0.2) is 4.98 Å². The lowest BCUT2D eigenvalue weighted by Crippen LogP contribution is -2.33. The number of aryl methyl sites for hydroxylation is 1. The van der Waals surface area contributed by atoms with Crippen LogP contribution in [0.2, 0.25) is 5.02 Å². The van der Waals surface area contributed by atoms with Gasteiger partial charge in [-0.15, -0.1) is 0 Å². The average Bonchev–Trinajstić information content (AvgIpc) is 3.02. The van der Waals surface area contributed by atoms with Crippen molar-refractivity contribution in [1.29, 1.82) is 5.41 Å². The fraction of sp³-hybridized carbons (Fsp3) is 0.333. The van der Waals surface area contributed by atoms with Gasteiger partial charge in [-0.1, -0.05) is 42.4 Å². The number of hydrogen-bond acceptors (Lipinski definition) is 5. The number of carbonyl (C=O) groups excluding carboxylic acids is 1. The van der Waals surface area contributed by atoms with Gasteiger partial charge in [0.25, 0.3) is 0 Å². The summed E-state index contributed by atoms with van der Waals surface area (Å²) in [7, 11) is 0. The summed E-state index contributed by atoms with van der Waals surface area (Å²) in [6.07, 6.45) is 0.865. The van der Waals surface area contributed by atoms with E-state index in [1.807, 2.05) is 39.0 Å². The summed E-state index contributed by atoms with van der Waals surface area (Å²) in [6.45, 7) is 5.83. The van der Waals surface area contributed by atoms with E-state index in [9.17, 15) is 4.79 Å². The van der Waals surface area contributed by atoms with Gasteiger partial charge in [0, 0.05) is 11.7 Å². The number of H-pyrrole nitrogens is 1. The monoisotopic (exact) mass is 404 g/mol. The minimum absolute atomic E-state index is 0.0771. The van der Waals surface area contributed by atoms with Crippen molar-refractivity contribution in [2.75, 3.05) is 5.75 Å². The summed E-state index contributed by atoms with van der Waals surface area (Å²) < 4.78 is 1.66. The number of rotatable bonds is 6. The molecule has 7 nitrogen and oxygen atoms in total. The third kappa shape index (κ3) is 4.01. The first-order valence-corrected chi connectivity index (χ1v) is 9.98. The molecule has 0 saturated heterocycles. The third-order valence-corrected chi connectivity index (χ3v) is 5.49. The number of carbonyl (C=O) groups is 1. The maximum Gasteiger partial charge on any atom is 0.230 e. The standard InChI is InChI=1S/C18H21ClN6OS/c1-4-10(2)21-14(26)9-27-18-22-17-15(11(3)23-24-17)16(20)25(18)13-8-6-5-7-12(13)19/h5-8,10,20H,4,9H2,1-3H3,(H,21,26)(H,23,24)/t10-/m1/s1. The highest BCUT2D eigenvalue weighted by Gasteiger charge is 2.17. The van der Waals surface area contributed by atoms with Crippen molar-refractivity contribution in [2.24, 2.45) is 0 Å². The van der Waals surface area contributed by atoms with E-state index in [1.165, 1.54) is 11.8 Å². The molecule has 9 heteroatoms. The highest BCUT2D eigenvalue weighted by Crippen LogP contribution is 2.25. The van der Waals surface area contributed by atoms with Gasteiger partial charge in [0.05, 0.1) is 21.8 Å². The molecule has 0 spiro atoms. The van der Waals surface area contributed by atoms with Crippen molar-refractivity contribution in [1.82, 2.24) is 25.1 Å². The molecular weight excluding hydrogens is 384 g/mol. The van der Waals surface area contributed by atoms with E-state index >= 15 is 0 Å². The predicted octanol–water partition coefficient (Wildman–Crippen LogP) is 3.20. The zero-order valence-electron chi connectivity index (χ0n) is 15.3. The number of hydrogen-bond donors (Lipinski definition) is 3. The zero-order valence-corrected chi connectivity index (χ0v) is 16.9. The number of fused-ring (bicyclic) bond motifs is 1. The Morgan fingerprint density at radius 2 is 2.19 bits per heavy atom. The van der Waals surface area contributed by atoms with Gasteiger partial charge in [-0.05, 0) is 32.4 Å². The first-order valence-electron chi connectivity index (χ1n) is 8.61. The van der Waals surface area contributed by atoms with Crippen LogP contribution in [0.1, 0.15) is 26.0 Å². The van der Waals surface area contributed by atoms with Crippen LogP contribution in [0.4, 0.5) is 0 Å². The molecule has 0 radical (unpaired) electrons. The number of nitrogens with one attached hydrogen (secondary N) is 3. The van der Waals surface area contributed by atoms with Gasteiger partial charge < -0.3 is 5.32 Å². The van der Waals surface area contributed by atoms with E-state index in [0.717, 1.165) is 12.1 Å². The van der Waals surface area contributed by atoms with Gasteiger partial charge in [-0.3, -0.25) is 19.9 Å². The number of nitrogens with zero attached hydrogens (tertiary/aromatic N) is 3. The third-order valence-electron chi connectivity index (χ3n) is 4.23. The molecule has 0 unspecified atom stereocenters. The Labute approximate surface area is 166 Å². The zero-order chi connectivity index (χ0) is 19.6. The molecule has 142 valence electrons. The van der Waals surface area contributed by atoms with Crippen LogP contribution < -0.4 is 10.8 Å². The van der Waals surface area contributed by atoms with Crippen LogP contribution in [0.25, 0.3) is 16.7 Å². The molecule has 0 fully saturated rings. The Morgan fingerprint density at radius 1 is 1.44 bits per heavy atom. The molecule has 1 amide bonds. The van der Waals surface area contributed by atoms with E-state index in [4.69, 9.17) is 17.0 Å². The molecule has 0 saturated carbocycles. The number of amides is 1. The Balaban J connectivity index is 2.06. The number of benzene rings is 1. The van der Waals surface area contributed by atoms with Crippen molar-refractivity contribution in [3.63, 3.8) is 0 Å². The molecule has 3 rings (SSSR count). The molecule has 1 atom stereocenters. The summed E-state index contributed by atoms with van der Waals surface area (Å²) in [6, 6.07) is 7.39. The molecular formula is C18H21ClN6OS. The second-order valence-electron chi connectivity index (χ2n) is 6.24. The average molecular weight is 405 g/mol. The van der Waals surface area contributed by atoms with E-state index in [2.05, 4.69) is 20.5 Å². The van der Waals surface area contributed by atoms with E-state index < -0.39 is 0 Å². The highest BCUT2D eigenvalue weighted by molar-refractivity contribution is 7.99. The highest BCUT2D eigenvalue weighted by atomic mass is 35.5. The topological polar surface area (TPSA) is 99.5 Å². The van der Waals surface area contributed by atoms with Crippen molar-refractivity contribution >= 4 is 40.3 Å². The van der Waals surface area contributed by atoms with Crippen LogP contribution in [0.3, 0.4) is 0 Å². The van der Waals surface area contributed by atoms with Crippen molar-refractivity contribution in [2.45, 2.75) is 38.4 Å². The molecule has 0 bridgehead atoms. The van der Waals surface area contributed by atoms with Crippen molar-refractivity contribution in [3.05, 3.63) is 40.5 Å². The van der Waals surface area contributed by atoms with E-state index in [-0.39, 0.29) is 23.2 Å². The number of halogens is 1. The Bertz CT molecular complexity index is 1040. The van der Waals surface area contributed by atoms with E-state index in [0.29, 0.717) is 26.9 Å². The molecule has 2 heterocycles. The lowest BCUT2D eigenvalue weighted by Gasteiger charge is -2.15. The molecule has 3 N–H and O–H groups in total. The number of para-hydroxylation sites is 1. The van der Waals surface area contributed by atoms with Gasteiger partial charge in [0.2, 0.25) is 5.91 Å². The fourth-order valence-electron chi connectivity index (χ4n) is 2.63. The largest absolute Gasteiger partial charge is 0.353 e. The molecule has 0 aliphatic rings. The second-order valence-corrected chi connectivity index (χ2v) is 7.59. The quantitative estimate of drug-likeness (QED) is 0.434. The molecule has 2 aromatic heterocycles. The van der Waals surface area contributed by atoms with Gasteiger partial charge >= 0.3 is 0 Å². The minimum Gasteiger partial charge on any atom is -0.353 e. The van der Waals surface area contributed by atoms with Crippen LogP contribution in [0.5, 0.6) is 0 Å².